The zero-order valence-corrected chi connectivity index (χ0v) is 18.6. The van der Waals surface area contributed by atoms with Crippen LogP contribution < -0.4 is 10.1 Å². The molecule has 1 amide bonds. The third-order valence-electron chi connectivity index (χ3n) is 6.60. The molecule has 4 atom stereocenters. The maximum absolute atomic E-state index is 11.9. The molecule has 0 radical (unpaired) electrons. The molecule has 3 saturated heterocycles. The number of carbonyl (C=O) groups excluding carboxylic acids is 1. The highest BCUT2D eigenvalue weighted by Crippen LogP contribution is 2.42. The number of hydrogen-bond acceptors (Lipinski definition) is 6. The summed E-state index contributed by atoms with van der Waals surface area (Å²) in [7, 11) is 1.67. The molecule has 1 aromatic carbocycles. The van der Waals surface area contributed by atoms with Gasteiger partial charge in [0, 0.05) is 42.7 Å². The van der Waals surface area contributed by atoms with Gasteiger partial charge in [-0.2, -0.15) is 0 Å². The summed E-state index contributed by atoms with van der Waals surface area (Å²) in [6.07, 6.45) is 2.00. The monoisotopic (exact) mass is 438 g/mol. The lowest BCUT2D eigenvalue weighted by Gasteiger charge is -2.49. The van der Waals surface area contributed by atoms with Crippen LogP contribution in [0, 0.1) is 12.8 Å². The molecule has 1 aromatic heterocycles. The molecule has 0 aliphatic carbocycles. The highest BCUT2D eigenvalue weighted by Gasteiger charge is 2.41. The van der Waals surface area contributed by atoms with Crippen molar-refractivity contribution in [3.05, 3.63) is 41.9 Å². The molecule has 2 N–H and O–H groups in total. The van der Waals surface area contributed by atoms with Crippen molar-refractivity contribution in [3.8, 4) is 17.0 Å². The number of aliphatic carboxylic acids is 1. The van der Waals surface area contributed by atoms with Crippen LogP contribution in [0.4, 0.5) is 0 Å². The molecule has 170 valence electrons. The van der Waals surface area contributed by atoms with E-state index in [0.717, 1.165) is 54.5 Å². The van der Waals surface area contributed by atoms with Crippen LogP contribution in [-0.2, 0) is 9.59 Å². The van der Waals surface area contributed by atoms with E-state index in [0.29, 0.717) is 18.4 Å². The molecular weight excluding hydrogens is 408 g/mol. The number of aryl methyl sites for hydroxylation is 1. The molecule has 0 spiro atoms. The van der Waals surface area contributed by atoms with Gasteiger partial charge in [-0.25, -0.2) is 9.97 Å². The molecular formula is C24H30N4O4. The van der Waals surface area contributed by atoms with Gasteiger partial charge in [0.15, 0.2) is 0 Å². The Morgan fingerprint density at radius 1 is 1.25 bits per heavy atom. The number of amides is 1. The van der Waals surface area contributed by atoms with Crippen LogP contribution in [-0.4, -0.2) is 64.6 Å². The first-order valence-corrected chi connectivity index (χ1v) is 11.2. The van der Waals surface area contributed by atoms with E-state index in [2.05, 4.69) is 21.3 Å². The highest BCUT2D eigenvalue weighted by atomic mass is 16.5. The van der Waals surface area contributed by atoms with Gasteiger partial charge < -0.3 is 15.2 Å². The molecule has 2 bridgehead atoms. The van der Waals surface area contributed by atoms with Crippen molar-refractivity contribution in [1.29, 1.82) is 0 Å². The number of nitrogens with one attached hydrogen (secondary N) is 1. The van der Waals surface area contributed by atoms with Crippen LogP contribution in [0.3, 0.4) is 0 Å². The van der Waals surface area contributed by atoms with Crippen LogP contribution in [0.5, 0.6) is 5.75 Å². The van der Waals surface area contributed by atoms with Crippen molar-refractivity contribution in [2.75, 3.05) is 26.7 Å². The van der Waals surface area contributed by atoms with Crippen molar-refractivity contribution >= 4 is 11.9 Å². The van der Waals surface area contributed by atoms with Crippen molar-refractivity contribution in [2.24, 2.45) is 5.92 Å². The lowest BCUT2D eigenvalue weighted by molar-refractivity contribution is -0.138. The molecule has 32 heavy (non-hydrogen) atoms. The Balaban J connectivity index is 1.46. The summed E-state index contributed by atoms with van der Waals surface area (Å²) in [6.45, 7) is 4.42. The first-order valence-electron chi connectivity index (χ1n) is 11.2. The van der Waals surface area contributed by atoms with E-state index in [9.17, 15) is 9.59 Å². The van der Waals surface area contributed by atoms with Crippen molar-refractivity contribution < 1.29 is 19.4 Å². The largest absolute Gasteiger partial charge is 0.496 e. The lowest BCUT2D eigenvalue weighted by atomic mass is 9.74. The number of fused-ring (bicyclic) bond motifs is 3. The Morgan fingerprint density at radius 2 is 2.06 bits per heavy atom. The fourth-order valence-electron chi connectivity index (χ4n) is 5.00. The number of rotatable bonds is 8. The Hall–Kier alpha value is -3.00. The third-order valence-corrected chi connectivity index (χ3v) is 6.60. The number of piperidine rings is 3. The lowest BCUT2D eigenvalue weighted by Crippen LogP contribution is -2.56. The quantitative estimate of drug-likeness (QED) is 0.653. The van der Waals surface area contributed by atoms with Gasteiger partial charge in [0.05, 0.1) is 19.2 Å². The predicted molar refractivity (Wildman–Crippen MR) is 119 cm³/mol. The average Bonchev–Trinajstić information content (AvgIpc) is 2.81. The average molecular weight is 439 g/mol. The molecule has 4 unspecified atom stereocenters. The van der Waals surface area contributed by atoms with E-state index >= 15 is 0 Å². The Kier molecular flexibility index (Phi) is 6.69. The molecule has 3 fully saturated rings. The number of ether oxygens (including phenoxy) is 1. The molecule has 8 heteroatoms. The first-order chi connectivity index (χ1) is 15.4. The summed E-state index contributed by atoms with van der Waals surface area (Å²) >= 11 is 0. The number of carbonyl (C=O) groups is 2. The van der Waals surface area contributed by atoms with E-state index in [1.54, 1.807) is 7.11 Å². The van der Waals surface area contributed by atoms with Crippen LogP contribution >= 0.6 is 0 Å². The second kappa shape index (κ2) is 9.65. The fraction of sp³-hybridized carbons (Fsp3) is 0.500. The van der Waals surface area contributed by atoms with E-state index in [1.807, 2.05) is 31.2 Å². The van der Waals surface area contributed by atoms with Crippen LogP contribution in [0.25, 0.3) is 11.3 Å². The highest BCUT2D eigenvalue weighted by molar-refractivity contribution is 5.80. The molecule has 8 nitrogen and oxygen atoms in total. The maximum Gasteiger partial charge on any atom is 0.303 e. The molecule has 4 heterocycles. The SMILES string of the molecule is COc1ccccc1-c1cc(C2CN3CCC2CC3CNC(=O)CCC(=O)O)nc(C)n1. The van der Waals surface area contributed by atoms with E-state index in [4.69, 9.17) is 14.8 Å². The second-order valence-corrected chi connectivity index (χ2v) is 8.66. The molecule has 5 rings (SSSR count). The summed E-state index contributed by atoms with van der Waals surface area (Å²) < 4.78 is 5.53. The second-order valence-electron chi connectivity index (χ2n) is 8.66. The molecule has 3 aliphatic rings. The molecule has 3 aliphatic heterocycles. The van der Waals surface area contributed by atoms with E-state index in [-0.39, 0.29) is 24.8 Å². The van der Waals surface area contributed by atoms with Gasteiger partial charge >= 0.3 is 5.97 Å². The Morgan fingerprint density at radius 3 is 2.78 bits per heavy atom. The number of para-hydroxylation sites is 1. The van der Waals surface area contributed by atoms with Crippen LogP contribution in [0.1, 0.15) is 43.1 Å². The number of carboxylic acid groups (broad SMARTS) is 1. The van der Waals surface area contributed by atoms with Crippen LogP contribution in [0.15, 0.2) is 30.3 Å². The first kappa shape index (κ1) is 22.2. The number of carboxylic acids is 1. The maximum atomic E-state index is 11.9. The number of hydrogen-bond donors (Lipinski definition) is 2. The van der Waals surface area contributed by atoms with E-state index in [1.165, 1.54) is 0 Å². The minimum absolute atomic E-state index is 0.0278. The van der Waals surface area contributed by atoms with E-state index < -0.39 is 5.97 Å². The van der Waals surface area contributed by atoms with Gasteiger partial charge in [-0.05, 0) is 50.4 Å². The molecule has 0 saturated carbocycles. The van der Waals surface area contributed by atoms with Crippen LogP contribution in [0.2, 0.25) is 0 Å². The van der Waals surface area contributed by atoms with Crippen molar-refractivity contribution in [1.82, 2.24) is 20.2 Å². The number of nitrogens with zero attached hydrogens (tertiary/aromatic N) is 3. The number of aromatic nitrogens is 2. The summed E-state index contributed by atoms with van der Waals surface area (Å²) in [4.78, 5) is 34.5. The summed E-state index contributed by atoms with van der Waals surface area (Å²) in [5.41, 5.74) is 2.91. The summed E-state index contributed by atoms with van der Waals surface area (Å²) in [5, 5.41) is 11.7. The third kappa shape index (κ3) is 4.91. The zero-order valence-electron chi connectivity index (χ0n) is 18.6. The van der Waals surface area contributed by atoms with Gasteiger partial charge in [-0.3, -0.25) is 14.5 Å². The topological polar surface area (TPSA) is 105 Å². The minimum atomic E-state index is -0.948. The van der Waals surface area contributed by atoms with Gasteiger partial charge in [0.1, 0.15) is 11.6 Å². The Labute approximate surface area is 188 Å². The van der Waals surface area contributed by atoms with Gasteiger partial charge in [0.2, 0.25) is 5.91 Å². The van der Waals surface area contributed by atoms with Gasteiger partial charge in [-0.1, -0.05) is 12.1 Å². The van der Waals surface area contributed by atoms with Gasteiger partial charge in [0.25, 0.3) is 0 Å². The summed E-state index contributed by atoms with van der Waals surface area (Å²) in [5.74, 6) is 1.24. The predicted octanol–water partition coefficient (Wildman–Crippen LogP) is 2.62. The zero-order chi connectivity index (χ0) is 22.7. The summed E-state index contributed by atoms with van der Waals surface area (Å²) in [6, 6.07) is 10.3. The standard InChI is InChI=1S/C24H30N4O4/c1-15-26-20(18-5-3-4-6-22(18)32-2)12-21(27-15)19-14-28-10-9-16(19)11-17(28)13-25-23(29)7-8-24(30)31/h3-6,12,16-17,19H,7-11,13-14H2,1-2H3,(H,25,29)(H,30,31). The number of methoxy groups -OCH3 is 1. The van der Waals surface area contributed by atoms with Crippen molar-refractivity contribution in [2.45, 2.75) is 44.6 Å². The van der Waals surface area contributed by atoms with Crippen molar-refractivity contribution in [3.63, 3.8) is 0 Å². The fourth-order valence-corrected chi connectivity index (χ4v) is 5.00. The Bertz CT molecular complexity index is 996. The van der Waals surface area contributed by atoms with Gasteiger partial charge in [-0.15, -0.1) is 0 Å². The number of benzene rings is 1. The normalized spacial score (nSPS) is 24.2. The molecule has 2 aromatic rings. The minimum Gasteiger partial charge on any atom is -0.496 e. The smallest absolute Gasteiger partial charge is 0.303 e.